The lowest BCUT2D eigenvalue weighted by Crippen LogP contribution is -1.87. The maximum atomic E-state index is 14.3. The average Bonchev–Trinajstić information content (AvgIpc) is 2.48. The van der Waals surface area contributed by atoms with Crippen molar-refractivity contribution < 1.29 is 8.78 Å². The van der Waals surface area contributed by atoms with Gasteiger partial charge in [0.05, 0.1) is 0 Å². The lowest BCUT2D eigenvalue weighted by Gasteiger charge is -2.07. The van der Waals surface area contributed by atoms with Gasteiger partial charge in [-0.25, -0.2) is 8.78 Å². The first kappa shape index (κ1) is 13.8. The molecule has 0 spiro atoms. The average molecular weight is 301 g/mol. The summed E-state index contributed by atoms with van der Waals surface area (Å²) in [4.78, 5) is 0. The van der Waals surface area contributed by atoms with Gasteiger partial charge in [0.1, 0.15) is 11.6 Å². The Morgan fingerprint density at radius 2 is 1.38 bits per heavy atom. The summed E-state index contributed by atoms with van der Waals surface area (Å²) in [5, 5.41) is 0.635. The van der Waals surface area contributed by atoms with Crippen molar-refractivity contribution in [1.82, 2.24) is 0 Å². The van der Waals surface area contributed by atoms with Crippen LogP contribution < -0.4 is 0 Å². The molecule has 0 aliphatic rings. The van der Waals surface area contributed by atoms with E-state index in [-0.39, 0.29) is 11.6 Å². The summed E-state index contributed by atoms with van der Waals surface area (Å²) in [6.45, 7) is 0. The first-order valence-electron chi connectivity index (χ1n) is 6.45. The summed E-state index contributed by atoms with van der Waals surface area (Å²) in [5.41, 5.74) is 2.54. The van der Waals surface area contributed by atoms with Gasteiger partial charge in [-0.3, -0.25) is 0 Å². The molecule has 0 aliphatic carbocycles. The smallest absolute Gasteiger partial charge is 0.131 e. The number of hydrogen-bond donors (Lipinski definition) is 0. The normalized spacial score (nSPS) is 10.6. The van der Waals surface area contributed by atoms with E-state index in [2.05, 4.69) is 0 Å². The molecule has 3 aromatic carbocycles. The van der Waals surface area contributed by atoms with Crippen LogP contribution in [0.3, 0.4) is 0 Å². The first-order chi connectivity index (χ1) is 10.1. The van der Waals surface area contributed by atoms with E-state index < -0.39 is 0 Å². The van der Waals surface area contributed by atoms with E-state index in [1.165, 1.54) is 18.2 Å². The van der Waals surface area contributed by atoms with Gasteiger partial charge in [-0.2, -0.15) is 0 Å². The maximum Gasteiger partial charge on any atom is 0.131 e. The Morgan fingerprint density at radius 3 is 2.05 bits per heavy atom. The SMILES string of the molecule is Fc1cccc(-c2ccc(-c3ccc(Cl)cc3)cc2F)c1. The molecule has 104 valence electrons. The highest BCUT2D eigenvalue weighted by atomic mass is 35.5. The van der Waals surface area contributed by atoms with Crippen LogP contribution in [0.2, 0.25) is 5.02 Å². The summed E-state index contributed by atoms with van der Waals surface area (Å²) < 4.78 is 27.5. The molecule has 0 radical (unpaired) electrons. The second kappa shape index (κ2) is 5.66. The van der Waals surface area contributed by atoms with Gasteiger partial charge >= 0.3 is 0 Å². The zero-order valence-electron chi connectivity index (χ0n) is 11.0. The lowest BCUT2D eigenvalue weighted by atomic mass is 9.99. The summed E-state index contributed by atoms with van der Waals surface area (Å²) in [6, 6.07) is 18.0. The Kier molecular flexibility index (Phi) is 3.72. The van der Waals surface area contributed by atoms with Gasteiger partial charge in [0.25, 0.3) is 0 Å². The zero-order chi connectivity index (χ0) is 14.8. The Hall–Kier alpha value is -2.19. The Morgan fingerprint density at radius 1 is 0.667 bits per heavy atom. The molecule has 0 bridgehead atoms. The second-order valence-corrected chi connectivity index (χ2v) is 5.15. The van der Waals surface area contributed by atoms with E-state index in [4.69, 9.17) is 11.6 Å². The van der Waals surface area contributed by atoms with Crippen LogP contribution >= 0.6 is 11.6 Å². The molecule has 3 rings (SSSR count). The minimum Gasteiger partial charge on any atom is -0.207 e. The van der Waals surface area contributed by atoms with Crippen molar-refractivity contribution in [2.45, 2.75) is 0 Å². The van der Waals surface area contributed by atoms with Crippen LogP contribution in [0.4, 0.5) is 8.78 Å². The highest BCUT2D eigenvalue weighted by Gasteiger charge is 2.08. The van der Waals surface area contributed by atoms with Crippen LogP contribution in [0.5, 0.6) is 0 Å². The Labute approximate surface area is 126 Å². The third kappa shape index (κ3) is 2.96. The molecule has 0 N–H and O–H groups in total. The second-order valence-electron chi connectivity index (χ2n) is 4.71. The van der Waals surface area contributed by atoms with E-state index in [1.54, 1.807) is 30.3 Å². The zero-order valence-corrected chi connectivity index (χ0v) is 11.7. The van der Waals surface area contributed by atoms with Crippen LogP contribution in [0, 0.1) is 11.6 Å². The first-order valence-corrected chi connectivity index (χ1v) is 6.83. The third-order valence-corrected chi connectivity index (χ3v) is 3.53. The minimum atomic E-state index is -0.381. The standard InChI is InChI=1S/C18H11ClF2/c19-15-7-4-12(5-8-15)13-6-9-17(18(21)11-13)14-2-1-3-16(20)10-14/h1-11H. The number of rotatable bonds is 2. The van der Waals surface area contributed by atoms with Crippen molar-refractivity contribution in [3.05, 3.63) is 83.4 Å². The summed E-state index contributed by atoms with van der Waals surface area (Å²) in [7, 11) is 0. The molecule has 3 heteroatoms. The van der Waals surface area contributed by atoms with Crippen molar-refractivity contribution in [2.75, 3.05) is 0 Å². The Balaban J connectivity index is 2.02. The quantitative estimate of drug-likeness (QED) is 0.548. The van der Waals surface area contributed by atoms with E-state index in [0.29, 0.717) is 16.1 Å². The molecule has 0 saturated carbocycles. The van der Waals surface area contributed by atoms with Crippen molar-refractivity contribution in [3.63, 3.8) is 0 Å². The lowest BCUT2D eigenvalue weighted by molar-refractivity contribution is 0.625. The fourth-order valence-corrected chi connectivity index (χ4v) is 2.35. The molecular weight excluding hydrogens is 290 g/mol. The van der Waals surface area contributed by atoms with Gasteiger partial charge in [-0.05, 0) is 47.0 Å². The molecule has 0 aliphatic heterocycles. The van der Waals surface area contributed by atoms with Crippen LogP contribution in [0.25, 0.3) is 22.3 Å². The molecule has 0 heterocycles. The number of benzene rings is 3. The third-order valence-electron chi connectivity index (χ3n) is 3.28. The van der Waals surface area contributed by atoms with Gasteiger partial charge in [0, 0.05) is 10.6 Å². The fraction of sp³-hybridized carbons (Fsp3) is 0. The number of halogens is 3. The monoisotopic (exact) mass is 300 g/mol. The summed E-state index contributed by atoms with van der Waals surface area (Å²) >= 11 is 5.84. The minimum absolute atomic E-state index is 0.381. The Bertz CT molecular complexity index is 779. The van der Waals surface area contributed by atoms with E-state index >= 15 is 0 Å². The molecule has 21 heavy (non-hydrogen) atoms. The topological polar surface area (TPSA) is 0 Å². The van der Waals surface area contributed by atoms with Gasteiger partial charge in [-0.1, -0.05) is 48.0 Å². The molecule has 0 aromatic heterocycles. The van der Waals surface area contributed by atoms with Crippen molar-refractivity contribution >= 4 is 11.6 Å². The molecular formula is C18H11ClF2. The summed E-state index contributed by atoms with van der Waals surface area (Å²) in [6.07, 6.45) is 0. The molecule has 0 atom stereocenters. The highest BCUT2D eigenvalue weighted by molar-refractivity contribution is 6.30. The van der Waals surface area contributed by atoms with Gasteiger partial charge in [0.15, 0.2) is 0 Å². The van der Waals surface area contributed by atoms with E-state index in [0.717, 1.165) is 11.1 Å². The molecule has 3 aromatic rings. The van der Waals surface area contributed by atoms with Crippen LogP contribution in [-0.4, -0.2) is 0 Å². The highest BCUT2D eigenvalue weighted by Crippen LogP contribution is 2.28. The van der Waals surface area contributed by atoms with Crippen molar-refractivity contribution in [2.24, 2.45) is 0 Å². The predicted molar refractivity (Wildman–Crippen MR) is 82.2 cm³/mol. The van der Waals surface area contributed by atoms with E-state index in [9.17, 15) is 8.78 Å². The molecule has 0 unspecified atom stereocenters. The molecule has 0 saturated heterocycles. The van der Waals surface area contributed by atoms with Crippen LogP contribution in [0.1, 0.15) is 0 Å². The summed E-state index contributed by atoms with van der Waals surface area (Å²) in [5.74, 6) is -0.762. The molecule has 0 fully saturated rings. The largest absolute Gasteiger partial charge is 0.207 e. The maximum absolute atomic E-state index is 14.3. The van der Waals surface area contributed by atoms with Gasteiger partial charge in [-0.15, -0.1) is 0 Å². The van der Waals surface area contributed by atoms with Crippen LogP contribution in [-0.2, 0) is 0 Å². The van der Waals surface area contributed by atoms with Crippen molar-refractivity contribution in [3.8, 4) is 22.3 Å². The number of hydrogen-bond acceptors (Lipinski definition) is 0. The van der Waals surface area contributed by atoms with Crippen LogP contribution in [0.15, 0.2) is 66.7 Å². The van der Waals surface area contributed by atoms with Crippen molar-refractivity contribution in [1.29, 1.82) is 0 Å². The fourth-order valence-electron chi connectivity index (χ4n) is 2.23. The molecule has 0 amide bonds. The predicted octanol–water partition coefficient (Wildman–Crippen LogP) is 5.95. The van der Waals surface area contributed by atoms with Gasteiger partial charge < -0.3 is 0 Å². The molecule has 0 nitrogen and oxygen atoms in total. The van der Waals surface area contributed by atoms with Gasteiger partial charge in [0.2, 0.25) is 0 Å². The van der Waals surface area contributed by atoms with E-state index in [1.807, 2.05) is 18.2 Å².